The zero-order chi connectivity index (χ0) is 14.2. The molecular formula is C13H15F3O2S. The van der Waals surface area contributed by atoms with Crippen LogP contribution in [-0.4, -0.2) is 28.2 Å². The molecule has 0 aromatic heterocycles. The minimum Gasteiger partial charge on any atom is -0.393 e. The highest BCUT2D eigenvalue weighted by atomic mass is 32.2. The Labute approximate surface area is 113 Å². The lowest BCUT2D eigenvalue weighted by Gasteiger charge is -2.21. The van der Waals surface area contributed by atoms with Gasteiger partial charge in [0.2, 0.25) is 0 Å². The second-order valence-corrected chi connectivity index (χ2v) is 5.94. The monoisotopic (exact) mass is 292 g/mol. The normalized spacial score (nSPS) is 29.5. The van der Waals surface area contributed by atoms with Crippen LogP contribution in [0.15, 0.2) is 24.3 Å². The number of thioether (sulfide) groups is 1. The van der Waals surface area contributed by atoms with E-state index in [1.165, 1.54) is 23.9 Å². The summed E-state index contributed by atoms with van der Waals surface area (Å²) in [6.45, 7) is 1.61. The van der Waals surface area contributed by atoms with E-state index in [0.717, 1.165) is 12.1 Å². The van der Waals surface area contributed by atoms with Gasteiger partial charge >= 0.3 is 6.18 Å². The molecule has 1 aromatic rings. The van der Waals surface area contributed by atoms with Gasteiger partial charge in [0.05, 0.1) is 23.0 Å². The third kappa shape index (κ3) is 3.07. The van der Waals surface area contributed by atoms with E-state index in [-0.39, 0.29) is 11.2 Å². The number of aliphatic hydroxyl groups is 2. The summed E-state index contributed by atoms with van der Waals surface area (Å²) in [6.07, 6.45) is -5.70. The number of hydrogen-bond acceptors (Lipinski definition) is 3. The maximum absolute atomic E-state index is 12.5. The van der Waals surface area contributed by atoms with Crippen LogP contribution < -0.4 is 0 Å². The van der Waals surface area contributed by atoms with Crippen LogP contribution in [0.1, 0.15) is 23.3 Å². The SMILES string of the molecule is C[C@@H](O)[C@@H]1CSC(c2ccc(C(F)(F)F)cc2)C1O. The van der Waals surface area contributed by atoms with Gasteiger partial charge in [-0.15, -0.1) is 0 Å². The number of hydrogen-bond donors (Lipinski definition) is 2. The molecule has 4 atom stereocenters. The van der Waals surface area contributed by atoms with Crippen LogP contribution in [0.4, 0.5) is 13.2 Å². The van der Waals surface area contributed by atoms with E-state index in [1.54, 1.807) is 6.92 Å². The molecule has 1 fully saturated rings. The minimum absolute atomic E-state index is 0.239. The van der Waals surface area contributed by atoms with Gasteiger partial charge in [0, 0.05) is 11.7 Å². The lowest BCUT2D eigenvalue weighted by molar-refractivity contribution is -0.137. The zero-order valence-corrected chi connectivity index (χ0v) is 11.1. The highest BCUT2D eigenvalue weighted by Crippen LogP contribution is 2.44. The van der Waals surface area contributed by atoms with E-state index in [9.17, 15) is 23.4 Å². The highest BCUT2D eigenvalue weighted by molar-refractivity contribution is 7.99. The van der Waals surface area contributed by atoms with E-state index >= 15 is 0 Å². The summed E-state index contributed by atoms with van der Waals surface area (Å²) < 4.78 is 37.4. The number of aliphatic hydroxyl groups excluding tert-OH is 2. The fourth-order valence-corrected chi connectivity index (χ4v) is 3.87. The molecule has 0 amide bonds. The van der Waals surface area contributed by atoms with E-state index in [1.807, 2.05) is 0 Å². The van der Waals surface area contributed by atoms with Gasteiger partial charge in [-0.2, -0.15) is 24.9 Å². The lowest BCUT2D eigenvalue weighted by atomic mass is 9.93. The Kier molecular flexibility index (Phi) is 4.13. The molecule has 6 heteroatoms. The number of benzene rings is 1. The van der Waals surface area contributed by atoms with Gasteiger partial charge in [-0.3, -0.25) is 0 Å². The molecule has 1 aliphatic rings. The van der Waals surface area contributed by atoms with Gasteiger partial charge < -0.3 is 10.2 Å². The predicted molar refractivity (Wildman–Crippen MR) is 67.8 cm³/mol. The summed E-state index contributed by atoms with van der Waals surface area (Å²) in [4.78, 5) is 0. The standard InChI is InChI=1S/C13H15F3O2S/c1-7(17)10-6-19-12(11(10)18)8-2-4-9(5-3-8)13(14,15)16/h2-5,7,10-12,17-18H,6H2,1H3/t7-,10+,11?,12?/m1/s1. The smallest absolute Gasteiger partial charge is 0.393 e. The van der Waals surface area contributed by atoms with E-state index in [0.29, 0.717) is 11.3 Å². The number of rotatable bonds is 2. The number of halogens is 3. The third-order valence-electron chi connectivity index (χ3n) is 3.40. The molecule has 1 saturated heterocycles. The van der Waals surface area contributed by atoms with Crippen molar-refractivity contribution in [1.29, 1.82) is 0 Å². The summed E-state index contributed by atoms with van der Waals surface area (Å²) >= 11 is 1.46. The molecule has 0 aliphatic carbocycles. The molecule has 19 heavy (non-hydrogen) atoms. The van der Waals surface area contributed by atoms with Crippen molar-refractivity contribution in [2.75, 3.05) is 5.75 Å². The molecule has 2 unspecified atom stereocenters. The van der Waals surface area contributed by atoms with Crippen LogP contribution in [0.3, 0.4) is 0 Å². The molecule has 0 radical (unpaired) electrons. The van der Waals surface area contributed by atoms with Crippen molar-refractivity contribution in [3.63, 3.8) is 0 Å². The average Bonchev–Trinajstić information content (AvgIpc) is 2.70. The first-order valence-corrected chi connectivity index (χ1v) is 7.00. The molecular weight excluding hydrogens is 277 g/mol. The van der Waals surface area contributed by atoms with Crippen molar-refractivity contribution in [3.8, 4) is 0 Å². The summed E-state index contributed by atoms with van der Waals surface area (Å²) in [6, 6.07) is 4.85. The first kappa shape index (κ1) is 14.7. The topological polar surface area (TPSA) is 40.5 Å². The Morgan fingerprint density at radius 3 is 2.26 bits per heavy atom. The average molecular weight is 292 g/mol. The second kappa shape index (κ2) is 5.34. The Morgan fingerprint density at radius 1 is 1.26 bits per heavy atom. The second-order valence-electron chi connectivity index (χ2n) is 4.77. The van der Waals surface area contributed by atoms with Crippen molar-refractivity contribution in [3.05, 3.63) is 35.4 Å². The van der Waals surface area contributed by atoms with Gasteiger partial charge in [-0.25, -0.2) is 0 Å². The van der Waals surface area contributed by atoms with Gasteiger partial charge in [-0.1, -0.05) is 12.1 Å². The van der Waals surface area contributed by atoms with Gasteiger partial charge in [0.15, 0.2) is 0 Å². The van der Waals surface area contributed by atoms with E-state index in [4.69, 9.17) is 0 Å². The summed E-state index contributed by atoms with van der Waals surface area (Å²) in [7, 11) is 0. The first-order chi connectivity index (χ1) is 8.80. The van der Waals surface area contributed by atoms with Gasteiger partial charge in [0.25, 0.3) is 0 Å². The Morgan fingerprint density at radius 2 is 1.84 bits per heavy atom. The maximum Gasteiger partial charge on any atom is 0.416 e. The van der Waals surface area contributed by atoms with E-state index in [2.05, 4.69) is 0 Å². The first-order valence-electron chi connectivity index (χ1n) is 5.95. The Balaban J connectivity index is 2.16. The molecule has 2 rings (SSSR count). The van der Waals surface area contributed by atoms with Crippen LogP contribution in [0.5, 0.6) is 0 Å². The molecule has 0 bridgehead atoms. The molecule has 1 aromatic carbocycles. The summed E-state index contributed by atoms with van der Waals surface area (Å²) in [5.41, 5.74) is -0.0329. The lowest BCUT2D eigenvalue weighted by Crippen LogP contribution is -2.29. The van der Waals surface area contributed by atoms with Crippen LogP contribution in [0, 0.1) is 5.92 Å². The fourth-order valence-electron chi connectivity index (χ4n) is 2.22. The van der Waals surface area contributed by atoms with Crippen molar-refractivity contribution in [2.24, 2.45) is 5.92 Å². The quantitative estimate of drug-likeness (QED) is 0.880. The maximum atomic E-state index is 12.5. The largest absolute Gasteiger partial charge is 0.416 e. The predicted octanol–water partition coefficient (Wildman–Crippen LogP) is 2.85. The molecule has 1 heterocycles. The van der Waals surface area contributed by atoms with Gasteiger partial charge in [-0.05, 0) is 24.6 Å². The molecule has 0 spiro atoms. The van der Waals surface area contributed by atoms with Crippen molar-refractivity contribution in [2.45, 2.75) is 30.6 Å². The minimum atomic E-state index is -4.35. The molecule has 2 N–H and O–H groups in total. The number of alkyl halides is 3. The van der Waals surface area contributed by atoms with Crippen LogP contribution in [0.2, 0.25) is 0 Å². The third-order valence-corrected chi connectivity index (χ3v) is 4.89. The Hall–Kier alpha value is -0.720. The molecule has 1 aliphatic heterocycles. The van der Waals surface area contributed by atoms with Crippen molar-refractivity contribution in [1.82, 2.24) is 0 Å². The van der Waals surface area contributed by atoms with Crippen molar-refractivity contribution < 1.29 is 23.4 Å². The molecule has 2 nitrogen and oxygen atoms in total. The zero-order valence-electron chi connectivity index (χ0n) is 10.3. The van der Waals surface area contributed by atoms with Gasteiger partial charge in [0.1, 0.15) is 0 Å². The molecule has 0 saturated carbocycles. The van der Waals surface area contributed by atoms with Crippen LogP contribution >= 0.6 is 11.8 Å². The summed E-state index contributed by atoms with van der Waals surface area (Å²) in [5, 5.41) is 19.3. The summed E-state index contributed by atoms with van der Waals surface area (Å²) in [5.74, 6) is 0.363. The van der Waals surface area contributed by atoms with Crippen LogP contribution in [-0.2, 0) is 6.18 Å². The Bertz CT molecular complexity index is 431. The van der Waals surface area contributed by atoms with E-state index < -0.39 is 23.9 Å². The highest BCUT2D eigenvalue weighted by Gasteiger charge is 2.39. The molecule has 106 valence electrons. The fraction of sp³-hybridized carbons (Fsp3) is 0.538. The van der Waals surface area contributed by atoms with Crippen LogP contribution in [0.25, 0.3) is 0 Å². The van der Waals surface area contributed by atoms with Crippen molar-refractivity contribution >= 4 is 11.8 Å².